The van der Waals surface area contributed by atoms with Gasteiger partial charge in [0.05, 0.1) is 16.2 Å². The van der Waals surface area contributed by atoms with Crippen molar-refractivity contribution >= 4 is 23.3 Å². The molecule has 0 fully saturated rings. The first-order valence-electron chi connectivity index (χ1n) is 5.10. The fourth-order valence-corrected chi connectivity index (χ4v) is 1.28. The average molecular weight is 258 g/mol. The maximum absolute atomic E-state index is 11.8. The SMILES string of the molecule is COC(C)(C)CNC(=O)c1cc(N)ncc1Cl. The van der Waals surface area contributed by atoms with Gasteiger partial charge in [0.25, 0.3) is 5.91 Å². The molecule has 5 nitrogen and oxygen atoms in total. The first-order valence-corrected chi connectivity index (χ1v) is 5.48. The molecule has 94 valence electrons. The number of nitrogens with two attached hydrogens (primary N) is 1. The van der Waals surface area contributed by atoms with Crippen LogP contribution in [0.5, 0.6) is 0 Å². The van der Waals surface area contributed by atoms with E-state index in [9.17, 15) is 4.79 Å². The van der Waals surface area contributed by atoms with E-state index in [4.69, 9.17) is 22.1 Å². The van der Waals surface area contributed by atoms with E-state index in [-0.39, 0.29) is 16.7 Å². The summed E-state index contributed by atoms with van der Waals surface area (Å²) in [6, 6.07) is 1.44. The number of nitrogens with zero attached hydrogens (tertiary/aromatic N) is 1. The van der Waals surface area contributed by atoms with Crippen LogP contribution < -0.4 is 11.1 Å². The van der Waals surface area contributed by atoms with Crippen LogP contribution in [0.2, 0.25) is 5.02 Å². The lowest BCUT2D eigenvalue weighted by Gasteiger charge is -2.23. The van der Waals surface area contributed by atoms with Crippen molar-refractivity contribution in [2.24, 2.45) is 0 Å². The van der Waals surface area contributed by atoms with Gasteiger partial charge in [-0.1, -0.05) is 11.6 Å². The van der Waals surface area contributed by atoms with Crippen molar-refractivity contribution in [3.8, 4) is 0 Å². The minimum Gasteiger partial charge on any atom is -0.384 e. The molecular weight excluding hydrogens is 242 g/mol. The quantitative estimate of drug-likeness (QED) is 0.856. The fourth-order valence-electron chi connectivity index (χ4n) is 1.09. The van der Waals surface area contributed by atoms with Crippen LogP contribution in [-0.2, 0) is 4.74 Å². The lowest BCUT2D eigenvalue weighted by atomic mass is 10.1. The number of anilines is 1. The Labute approximate surface area is 105 Å². The van der Waals surface area contributed by atoms with E-state index in [0.717, 1.165) is 0 Å². The number of carbonyl (C=O) groups is 1. The number of aromatic nitrogens is 1. The second-order valence-corrected chi connectivity index (χ2v) is 4.64. The van der Waals surface area contributed by atoms with E-state index in [1.54, 1.807) is 7.11 Å². The van der Waals surface area contributed by atoms with Crippen molar-refractivity contribution < 1.29 is 9.53 Å². The van der Waals surface area contributed by atoms with Gasteiger partial charge in [0.1, 0.15) is 5.82 Å². The summed E-state index contributed by atoms with van der Waals surface area (Å²) in [4.78, 5) is 15.6. The van der Waals surface area contributed by atoms with Gasteiger partial charge in [0.2, 0.25) is 0 Å². The van der Waals surface area contributed by atoms with Gasteiger partial charge in [-0.05, 0) is 19.9 Å². The summed E-state index contributed by atoms with van der Waals surface area (Å²) >= 11 is 5.86. The zero-order chi connectivity index (χ0) is 13.1. The second-order valence-electron chi connectivity index (χ2n) is 4.24. The number of methoxy groups -OCH3 is 1. The number of nitrogens with one attached hydrogen (secondary N) is 1. The predicted octanol–water partition coefficient (Wildman–Crippen LogP) is 1.47. The highest BCUT2D eigenvalue weighted by atomic mass is 35.5. The summed E-state index contributed by atoms with van der Waals surface area (Å²) in [6.07, 6.45) is 1.35. The third-order valence-corrected chi connectivity index (χ3v) is 2.65. The highest BCUT2D eigenvalue weighted by Gasteiger charge is 2.19. The van der Waals surface area contributed by atoms with E-state index >= 15 is 0 Å². The number of rotatable bonds is 4. The molecule has 1 amide bonds. The Morgan fingerprint density at radius 3 is 2.88 bits per heavy atom. The zero-order valence-corrected chi connectivity index (χ0v) is 10.8. The van der Waals surface area contributed by atoms with Crippen LogP contribution in [0.1, 0.15) is 24.2 Å². The van der Waals surface area contributed by atoms with E-state index in [1.807, 2.05) is 13.8 Å². The zero-order valence-electron chi connectivity index (χ0n) is 10.1. The van der Waals surface area contributed by atoms with Gasteiger partial charge in [0, 0.05) is 19.9 Å². The summed E-state index contributed by atoms with van der Waals surface area (Å²) in [5.74, 6) is -0.0419. The van der Waals surface area contributed by atoms with Crippen LogP contribution in [0.25, 0.3) is 0 Å². The van der Waals surface area contributed by atoms with Gasteiger partial charge in [-0.2, -0.15) is 0 Å². The largest absolute Gasteiger partial charge is 0.384 e. The first-order chi connectivity index (χ1) is 7.85. The van der Waals surface area contributed by atoms with Crippen LogP contribution in [0.15, 0.2) is 12.3 Å². The number of pyridine rings is 1. The van der Waals surface area contributed by atoms with Gasteiger partial charge in [-0.25, -0.2) is 4.98 Å². The van der Waals surface area contributed by atoms with Crippen molar-refractivity contribution in [3.63, 3.8) is 0 Å². The maximum Gasteiger partial charge on any atom is 0.253 e. The van der Waals surface area contributed by atoms with Crippen LogP contribution in [-0.4, -0.2) is 30.1 Å². The number of hydrogen-bond donors (Lipinski definition) is 2. The maximum atomic E-state index is 11.8. The molecule has 0 aliphatic carbocycles. The van der Waals surface area contributed by atoms with Gasteiger partial charge >= 0.3 is 0 Å². The molecule has 6 heteroatoms. The highest BCUT2D eigenvalue weighted by molar-refractivity contribution is 6.33. The average Bonchev–Trinajstić information content (AvgIpc) is 2.29. The topological polar surface area (TPSA) is 77.2 Å². The van der Waals surface area contributed by atoms with Crippen LogP contribution in [0.3, 0.4) is 0 Å². The Hall–Kier alpha value is -1.33. The van der Waals surface area contributed by atoms with Crippen molar-refractivity contribution in [1.82, 2.24) is 10.3 Å². The van der Waals surface area contributed by atoms with E-state index in [1.165, 1.54) is 12.3 Å². The molecule has 17 heavy (non-hydrogen) atoms. The van der Waals surface area contributed by atoms with E-state index in [2.05, 4.69) is 10.3 Å². The predicted molar refractivity (Wildman–Crippen MR) is 67.1 cm³/mol. The van der Waals surface area contributed by atoms with Gasteiger partial charge < -0.3 is 15.8 Å². The minimum atomic E-state index is -0.430. The van der Waals surface area contributed by atoms with Gasteiger partial charge in [-0.15, -0.1) is 0 Å². The number of carbonyl (C=O) groups excluding carboxylic acids is 1. The van der Waals surface area contributed by atoms with Crippen LogP contribution in [0, 0.1) is 0 Å². The Morgan fingerprint density at radius 2 is 2.29 bits per heavy atom. The number of halogens is 1. The van der Waals surface area contributed by atoms with Crippen LogP contribution >= 0.6 is 11.6 Å². The molecule has 0 unspecified atom stereocenters. The van der Waals surface area contributed by atoms with Crippen molar-refractivity contribution in [1.29, 1.82) is 0 Å². The van der Waals surface area contributed by atoms with Gasteiger partial charge in [0.15, 0.2) is 0 Å². The van der Waals surface area contributed by atoms with E-state index < -0.39 is 5.60 Å². The smallest absolute Gasteiger partial charge is 0.253 e. The Bertz CT molecular complexity index is 421. The standard InChI is InChI=1S/C11H16ClN3O2/c1-11(2,17-3)6-15-10(16)7-4-9(13)14-5-8(7)12/h4-5H,6H2,1-3H3,(H2,13,14)(H,15,16). The highest BCUT2D eigenvalue weighted by Crippen LogP contribution is 2.16. The molecule has 0 radical (unpaired) electrons. The van der Waals surface area contributed by atoms with Crippen LogP contribution in [0.4, 0.5) is 5.82 Å². The number of hydrogen-bond acceptors (Lipinski definition) is 4. The molecule has 0 spiro atoms. The first kappa shape index (κ1) is 13.7. The van der Waals surface area contributed by atoms with Crippen molar-refractivity contribution in [2.75, 3.05) is 19.4 Å². The molecule has 3 N–H and O–H groups in total. The summed E-state index contributed by atoms with van der Waals surface area (Å²) < 4.78 is 5.19. The van der Waals surface area contributed by atoms with Crippen molar-refractivity contribution in [3.05, 3.63) is 22.8 Å². The number of nitrogen functional groups attached to an aromatic ring is 1. The summed E-state index contributed by atoms with van der Waals surface area (Å²) in [6.45, 7) is 4.12. The lowest BCUT2D eigenvalue weighted by molar-refractivity contribution is 0.0229. The molecule has 0 aliphatic rings. The molecule has 0 bridgehead atoms. The molecule has 0 aliphatic heterocycles. The summed E-state index contributed by atoms with van der Waals surface area (Å²) in [5.41, 5.74) is 5.38. The Morgan fingerprint density at radius 1 is 1.65 bits per heavy atom. The molecule has 0 saturated carbocycles. The minimum absolute atomic E-state index is 0.255. The molecule has 1 rings (SSSR count). The Balaban J connectivity index is 2.74. The molecule has 1 heterocycles. The van der Waals surface area contributed by atoms with Gasteiger partial charge in [-0.3, -0.25) is 4.79 Å². The molecule has 1 aromatic heterocycles. The third-order valence-electron chi connectivity index (χ3n) is 2.35. The summed E-state index contributed by atoms with van der Waals surface area (Å²) in [5, 5.41) is 3.00. The summed E-state index contributed by atoms with van der Waals surface area (Å²) in [7, 11) is 1.59. The van der Waals surface area contributed by atoms with E-state index in [0.29, 0.717) is 12.1 Å². The van der Waals surface area contributed by atoms with Crippen molar-refractivity contribution in [2.45, 2.75) is 19.4 Å². The molecule has 1 aromatic rings. The number of ether oxygens (including phenoxy) is 1. The lowest BCUT2D eigenvalue weighted by Crippen LogP contribution is -2.39. The monoisotopic (exact) mass is 257 g/mol. The molecule has 0 atom stereocenters. The normalized spacial score (nSPS) is 11.3. The number of amides is 1. The molecular formula is C11H16ClN3O2. The third kappa shape index (κ3) is 3.87. The molecule has 0 saturated heterocycles. The second kappa shape index (κ2) is 5.33. The molecule has 0 aromatic carbocycles. The Kier molecular flexibility index (Phi) is 4.31. The fraction of sp³-hybridized carbons (Fsp3) is 0.455.